The predicted molar refractivity (Wildman–Crippen MR) is 86.8 cm³/mol. The number of hydrogen-bond donors (Lipinski definition) is 2. The quantitative estimate of drug-likeness (QED) is 0.808. The van der Waals surface area contributed by atoms with Crippen LogP contribution in [-0.4, -0.2) is 46.6 Å². The van der Waals surface area contributed by atoms with Gasteiger partial charge in [0.15, 0.2) is 0 Å². The van der Waals surface area contributed by atoms with E-state index in [1.165, 1.54) is 25.8 Å². The van der Waals surface area contributed by atoms with Gasteiger partial charge in [0.1, 0.15) is 17.5 Å². The van der Waals surface area contributed by atoms with Crippen molar-refractivity contribution < 1.29 is 0 Å². The van der Waals surface area contributed by atoms with Gasteiger partial charge in [0, 0.05) is 44.2 Å². The number of aryl methyl sites for hydroxylation is 1. The van der Waals surface area contributed by atoms with Crippen molar-refractivity contribution in [2.75, 3.05) is 30.3 Å². The van der Waals surface area contributed by atoms with Crippen molar-refractivity contribution in [2.24, 2.45) is 0 Å². The second-order valence-electron chi connectivity index (χ2n) is 6.19. The zero-order valence-corrected chi connectivity index (χ0v) is 13.2. The van der Waals surface area contributed by atoms with E-state index in [0.29, 0.717) is 6.04 Å². The third-order valence-electron chi connectivity index (χ3n) is 4.28. The number of nitrogens with one attached hydrogen (secondary N) is 2. The zero-order chi connectivity index (χ0) is 14.7. The summed E-state index contributed by atoms with van der Waals surface area (Å²) in [7, 11) is 0. The maximum absolute atomic E-state index is 4.63. The molecule has 1 unspecified atom stereocenters. The Hall–Kier alpha value is -1.36. The minimum atomic E-state index is 0.532. The number of hydrogen-bond acceptors (Lipinski definition) is 5. The first kappa shape index (κ1) is 14.6. The molecule has 2 heterocycles. The van der Waals surface area contributed by atoms with Crippen LogP contribution in [-0.2, 0) is 6.42 Å². The summed E-state index contributed by atoms with van der Waals surface area (Å²) in [4.78, 5) is 11.8. The molecule has 5 nitrogen and oxygen atoms in total. The Kier molecular flexibility index (Phi) is 4.58. The molecular formula is C16H27N5. The summed E-state index contributed by atoms with van der Waals surface area (Å²) in [6.07, 6.45) is 5.98. The third-order valence-corrected chi connectivity index (χ3v) is 4.28. The van der Waals surface area contributed by atoms with Crippen molar-refractivity contribution in [1.82, 2.24) is 14.9 Å². The molecule has 0 radical (unpaired) electrons. The summed E-state index contributed by atoms with van der Waals surface area (Å²) in [6.45, 7) is 7.62. The van der Waals surface area contributed by atoms with E-state index in [0.717, 1.165) is 49.4 Å². The first-order chi connectivity index (χ1) is 10.3. The van der Waals surface area contributed by atoms with E-state index in [-0.39, 0.29) is 0 Å². The van der Waals surface area contributed by atoms with Crippen molar-refractivity contribution in [3.05, 3.63) is 11.9 Å². The van der Waals surface area contributed by atoms with E-state index in [9.17, 15) is 0 Å². The molecular weight excluding hydrogens is 262 g/mol. The molecule has 1 saturated carbocycles. The van der Waals surface area contributed by atoms with E-state index >= 15 is 0 Å². The van der Waals surface area contributed by atoms with Gasteiger partial charge in [-0.25, -0.2) is 9.97 Å². The summed E-state index contributed by atoms with van der Waals surface area (Å²) < 4.78 is 0. The van der Waals surface area contributed by atoms with Crippen LogP contribution < -0.4 is 10.6 Å². The molecule has 5 heteroatoms. The van der Waals surface area contributed by atoms with Crippen LogP contribution in [0.5, 0.6) is 0 Å². The molecule has 116 valence electrons. The highest BCUT2D eigenvalue weighted by Crippen LogP contribution is 2.30. The van der Waals surface area contributed by atoms with Crippen LogP contribution in [0.4, 0.5) is 11.6 Å². The largest absolute Gasteiger partial charge is 0.370 e. The average Bonchev–Trinajstić information content (AvgIpc) is 3.25. The van der Waals surface area contributed by atoms with Gasteiger partial charge in [-0.2, -0.15) is 0 Å². The van der Waals surface area contributed by atoms with Gasteiger partial charge in [0.2, 0.25) is 0 Å². The molecule has 1 aromatic rings. The molecule has 21 heavy (non-hydrogen) atoms. The summed E-state index contributed by atoms with van der Waals surface area (Å²) in [6, 6.07) is 3.45. The predicted octanol–water partition coefficient (Wildman–Crippen LogP) is 2.51. The Bertz CT molecular complexity index is 472. The summed E-state index contributed by atoms with van der Waals surface area (Å²) in [5, 5.41) is 6.98. The van der Waals surface area contributed by atoms with Crippen LogP contribution in [0.2, 0.25) is 0 Å². The highest BCUT2D eigenvalue weighted by Gasteiger charge is 2.34. The molecule has 2 aliphatic rings. The number of aromatic nitrogens is 2. The second kappa shape index (κ2) is 6.60. The van der Waals surface area contributed by atoms with Gasteiger partial charge in [-0.15, -0.1) is 0 Å². The fourth-order valence-corrected chi connectivity index (χ4v) is 2.96. The zero-order valence-electron chi connectivity index (χ0n) is 13.2. The minimum absolute atomic E-state index is 0.532. The van der Waals surface area contributed by atoms with Crippen LogP contribution in [0.1, 0.15) is 45.4 Å². The van der Waals surface area contributed by atoms with E-state index in [4.69, 9.17) is 0 Å². The van der Waals surface area contributed by atoms with Gasteiger partial charge >= 0.3 is 0 Å². The standard InChI is InChI=1S/C16H27N5/c1-3-8-17-15-10-16(20-14(4-2)19-15)18-12-7-9-21(11-12)13-5-6-13/h10,12-13H,3-9,11H2,1-2H3,(H2,17,18,19,20). The smallest absolute Gasteiger partial charge is 0.132 e. The topological polar surface area (TPSA) is 53.1 Å². The lowest BCUT2D eigenvalue weighted by molar-refractivity contribution is 0.326. The lowest BCUT2D eigenvalue weighted by Gasteiger charge is -2.17. The average molecular weight is 289 g/mol. The molecule has 1 aliphatic heterocycles. The molecule has 1 saturated heterocycles. The van der Waals surface area contributed by atoms with Gasteiger partial charge in [-0.3, -0.25) is 4.90 Å². The first-order valence-corrected chi connectivity index (χ1v) is 8.41. The number of likely N-dealkylation sites (tertiary alicyclic amines) is 1. The van der Waals surface area contributed by atoms with Crippen molar-refractivity contribution in [1.29, 1.82) is 0 Å². The van der Waals surface area contributed by atoms with Crippen molar-refractivity contribution in [2.45, 2.75) is 58.0 Å². The van der Waals surface area contributed by atoms with Gasteiger partial charge in [0.05, 0.1) is 0 Å². The summed E-state index contributed by atoms with van der Waals surface area (Å²) >= 11 is 0. The Morgan fingerprint density at radius 2 is 2.00 bits per heavy atom. The van der Waals surface area contributed by atoms with Crippen LogP contribution in [0, 0.1) is 0 Å². The normalized spacial score (nSPS) is 22.5. The Labute approximate surface area is 127 Å². The number of nitrogens with zero attached hydrogens (tertiary/aromatic N) is 3. The van der Waals surface area contributed by atoms with E-state index in [2.05, 4.69) is 45.4 Å². The summed E-state index contributed by atoms with van der Waals surface area (Å²) in [5.41, 5.74) is 0. The highest BCUT2D eigenvalue weighted by molar-refractivity contribution is 5.48. The van der Waals surface area contributed by atoms with Gasteiger partial charge < -0.3 is 10.6 Å². The monoisotopic (exact) mass is 289 g/mol. The lowest BCUT2D eigenvalue weighted by Crippen LogP contribution is -2.28. The molecule has 1 aromatic heterocycles. The molecule has 0 amide bonds. The molecule has 1 atom stereocenters. The van der Waals surface area contributed by atoms with E-state index in [1.807, 2.05) is 0 Å². The first-order valence-electron chi connectivity index (χ1n) is 8.41. The van der Waals surface area contributed by atoms with Crippen LogP contribution in [0.3, 0.4) is 0 Å². The minimum Gasteiger partial charge on any atom is -0.370 e. The summed E-state index contributed by atoms with van der Waals surface area (Å²) in [5.74, 6) is 2.84. The van der Waals surface area contributed by atoms with Crippen LogP contribution in [0.25, 0.3) is 0 Å². The van der Waals surface area contributed by atoms with Crippen LogP contribution in [0.15, 0.2) is 6.07 Å². The molecule has 2 fully saturated rings. The van der Waals surface area contributed by atoms with E-state index < -0.39 is 0 Å². The number of anilines is 2. The molecule has 1 aliphatic carbocycles. The van der Waals surface area contributed by atoms with Crippen molar-refractivity contribution in [3.63, 3.8) is 0 Å². The molecule has 0 spiro atoms. The Balaban J connectivity index is 1.63. The maximum atomic E-state index is 4.63. The van der Waals surface area contributed by atoms with Gasteiger partial charge in [-0.1, -0.05) is 13.8 Å². The molecule has 0 aromatic carbocycles. The molecule has 2 N–H and O–H groups in total. The van der Waals surface area contributed by atoms with Crippen molar-refractivity contribution >= 4 is 11.6 Å². The fourth-order valence-electron chi connectivity index (χ4n) is 2.96. The SMILES string of the molecule is CCCNc1cc(NC2CCN(C3CC3)C2)nc(CC)n1. The maximum Gasteiger partial charge on any atom is 0.132 e. The third kappa shape index (κ3) is 3.84. The Morgan fingerprint density at radius 3 is 2.71 bits per heavy atom. The highest BCUT2D eigenvalue weighted by atomic mass is 15.2. The molecule has 0 bridgehead atoms. The Morgan fingerprint density at radius 1 is 1.19 bits per heavy atom. The second-order valence-corrected chi connectivity index (χ2v) is 6.19. The van der Waals surface area contributed by atoms with E-state index in [1.54, 1.807) is 0 Å². The van der Waals surface area contributed by atoms with Gasteiger partial charge in [0.25, 0.3) is 0 Å². The fraction of sp³-hybridized carbons (Fsp3) is 0.750. The number of rotatable bonds is 7. The molecule has 3 rings (SSSR count). The lowest BCUT2D eigenvalue weighted by atomic mass is 10.2. The van der Waals surface area contributed by atoms with Crippen LogP contribution >= 0.6 is 0 Å². The van der Waals surface area contributed by atoms with Gasteiger partial charge in [-0.05, 0) is 25.7 Å². The van der Waals surface area contributed by atoms with Crippen molar-refractivity contribution in [3.8, 4) is 0 Å².